The van der Waals surface area contributed by atoms with E-state index in [1.807, 2.05) is 12.1 Å². The Hall–Kier alpha value is -3.19. The third-order valence-corrected chi connectivity index (χ3v) is 12.0. The lowest BCUT2D eigenvalue weighted by molar-refractivity contribution is -0.135. The zero-order chi connectivity index (χ0) is 30.6. The molecule has 0 radical (unpaired) electrons. The van der Waals surface area contributed by atoms with E-state index in [0.717, 1.165) is 97.2 Å². The van der Waals surface area contributed by atoms with Crippen LogP contribution in [0.2, 0.25) is 0 Å². The van der Waals surface area contributed by atoms with Crippen LogP contribution in [0.25, 0.3) is 0 Å². The van der Waals surface area contributed by atoms with Gasteiger partial charge in [0.25, 0.3) is 0 Å². The van der Waals surface area contributed by atoms with Gasteiger partial charge in [0.15, 0.2) is 0 Å². The number of carbonyl (C=O) groups excluding carboxylic acids is 2. The molecule has 2 bridgehead atoms. The quantitative estimate of drug-likeness (QED) is 0.289. The molecule has 0 amide bonds. The molecule has 7 heteroatoms. The van der Waals surface area contributed by atoms with Crippen molar-refractivity contribution in [1.82, 2.24) is 4.98 Å². The number of unbranched alkanes of at least 4 members (excludes halogenated alkanes) is 1. The highest BCUT2D eigenvalue weighted by atomic mass is 16.5. The van der Waals surface area contributed by atoms with E-state index in [1.54, 1.807) is 6.20 Å². The van der Waals surface area contributed by atoms with E-state index in [2.05, 4.69) is 31.0 Å². The van der Waals surface area contributed by atoms with Crippen LogP contribution in [0.1, 0.15) is 109 Å². The molecule has 44 heavy (non-hydrogen) atoms. The number of aromatic nitrogens is 1. The first kappa shape index (κ1) is 29.5. The molecule has 5 atom stereocenters. The van der Waals surface area contributed by atoms with Crippen molar-refractivity contribution in [3.05, 3.63) is 69.9 Å². The fourth-order valence-electron chi connectivity index (χ4n) is 10.1. The number of carbonyl (C=O) groups is 2. The number of rotatable bonds is 9. The third kappa shape index (κ3) is 4.36. The number of cyclic esters (lactones) is 2. The topological polar surface area (TPSA) is 112 Å². The minimum atomic E-state index is -0.678. The van der Waals surface area contributed by atoms with Crippen molar-refractivity contribution < 1.29 is 24.2 Å². The van der Waals surface area contributed by atoms with Gasteiger partial charge in [-0.3, -0.25) is 0 Å². The number of esters is 2. The van der Waals surface area contributed by atoms with Gasteiger partial charge in [-0.25, -0.2) is 14.6 Å². The molecule has 1 aromatic heterocycles. The van der Waals surface area contributed by atoms with E-state index < -0.39 is 5.41 Å². The maximum atomic E-state index is 14.1. The maximum absolute atomic E-state index is 14.1. The SMILES string of the molecule is CCCC=C1OC(=O)C2=C(C(CCCO)c3ccnc(N)c3)C3CCC12C1C2=C(CCC31)C(=CC1(CC)CCCC1)OC2=O. The molecule has 3 heterocycles. The summed E-state index contributed by atoms with van der Waals surface area (Å²) >= 11 is 0. The molecule has 5 unspecified atom stereocenters. The van der Waals surface area contributed by atoms with Gasteiger partial charge in [-0.15, -0.1) is 0 Å². The Labute approximate surface area is 260 Å². The van der Waals surface area contributed by atoms with Gasteiger partial charge in [0.1, 0.15) is 17.3 Å². The number of allylic oxidation sites excluding steroid dienone is 5. The molecule has 2 aliphatic heterocycles. The van der Waals surface area contributed by atoms with E-state index in [0.29, 0.717) is 18.7 Å². The molecule has 0 aromatic carbocycles. The van der Waals surface area contributed by atoms with Crippen LogP contribution in [0.4, 0.5) is 5.82 Å². The summed E-state index contributed by atoms with van der Waals surface area (Å²) in [5.41, 5.74) is 10.4. The van der Waals surface area contributed by atoms with Crippen LogP contribution in [-0.2, 0) is 19.1 Å². The first-order chi connectivity index (χ1) is 21.4. The molecular formula is C37H46N2O5. The zero-order valence-corrected chi connectivity index (χ0v) is 26.2. The number of ether oxygens (including phenoxy) is 2. The van der Waals surface area contributed by atoms with Crippen molar-refractivity contribution in [1.29, 1.82) is 0 Å². The van der Waals surface area contributed by atoms with Crippen LogP contribution in [0.5, 0.6) is 0 Å². The van der Waals surface area contributed by atoms with Crippen LogP contribution in [-0.4, -0.2) is 28.6 Å². The van der Waals surface area contributed by atoms with Crippen LogP contribution < -0.4 is 5.73 Å². The molecule has 7 aliphatic rings. The Morgan fingerprint density at radius 2 is 1.95 bits per heavy atom. The van der Waals surface area contributed by atoms with Crippen molar-refractivity contribution in [2.24, 2.45) is 28.6 Å². The lowest BCUT2D eigenvalue weighted by Gasteiger charge is -2.57. The number of hydrogen-bond acceptors (Lipinski definition) is 7. The van der Waals surface area contributed by atoms with Crippen LogP contribution >= 0.6 is 0 Å². The number of pyridine rings is 1. The fraction of sp³-hybridized carbons (Fsp3) is 0.595. The van der Waals surface area contributed by atoms with Crippen LogP contribution in [0.3, 0.4) is 0 Å². The number of nitrogens with zero attached hydrogens (tertiary/aromatic N) is 1. The number of nitrogen functional groups attached to an aromatic ring is 1. The minimum absolute atomic E-state index is 0.0735. The molecule has 5 aliphatic carbocycles. The first-order valence-electron chi connectivity index (χ1n) is 17.1. The summed E-state index contributed by atoms with van der Waals surface area (Å²) in [7, 11) is 0. The second-order valence-corrected chi connectivity index (χ2v) is 14.0. The maximum Gasteiger partial charge on any atom is 0.340 e. The zero-order valence-electron chi connectivity index (χ0n) is 26.2. The Morgan fingerprint density at radius 3 is 2.68 bits per heavy atom. The summed E-state index contributed by atoms with van der Waals surface area (Å²) in [5, 5.41) is 9.89. The number of hydrogen-bond donors (Lipinski definition) is 2. The summed E-state index contributed by atoms with van der Waals surface area (Å²) in [4.78, 5) is 32.4. The van der Waals surface area contributed by atoms with Crippen molar-refractivity contribution >= 4 is 17.8 Å². The van der Waals surface area contributed by atoms with Gasteiger partial charge in [-0.05, 0) is 117 Å². The number of aliphatic hydroxyl groups is 1. The Balaban J connectivity index is 1.43. The normalized spacial score (nSPS) is 32.7. The lowest BCUT2D eigenvalue weighted by atomic mass is 9.43. The second-order valence-electron chi connectivity index (χ2n) is 14.0. The number of aliphatic hydroxyl groups excluding tert-OH is 1. The number of fused-ring (bicyclic) bond motifs is 1. The van der Waals surface area contributed by atoms with E-state index in [4.69, 9.17) is 15.2 Å². The smallest absolute Gasteiger partial charge is 0.340 e. The highest BCUT2D eigenvalue weighted by Gasteiger charge is 2.68. The molecule has 3 N–H and O–H groups in total. The van der Waals surface area contributed by atoms with Crippen molar-refractivity contribution in [3.63, 3.8) is 0 Å². The van der Waals surface area contributed by atoms with Crippen molar-refractivity contribution in [2.75, 3.05) is 12.3 Å². The standard InChI is InChI=1S/C37H46N2O5/c1-3-5-10-28-37-17-13-24(30(33(37)35(42)44-28)23(9-8-19-40)22-14-18-39-29(38)20-22)25-11-12-26-27(43-34(41)31(26)32(25)37)21-36(4-2)15-6-7-16-36/h10,14,18,20-21,23-25,32,40H,3-9,11-13,15-17,19H2,1-2H3,(H2,38,39). The molecule has 1 aromatic rings. The summed E-state index contributed by atoms with van der Waals surface area (Å²) in [6.45, 7) is 4.45. The molecule has 1 saturated heterocycles. The van der Waals surface area contributed by atoms with Crippen molar-refractivity contribution in [2.45, 2.75) is 103 Å². The van der Waals surface area contributed by atoms with Crippen LogP contribution in [0, 0.1) is 28.6 Å². The van der Waals surface area contributed by atoms with E-state index in [-0.39, 0.29) is 47.6 Å². The molecule has 8 rings (SSSR count). The largest absolute Gasteiger partial charge is 0.427 e. The van der Waals surface area contributed by atoms with Gasteiger partial charge in [0, 0.05) is 35.8 Å². The van der Waals surface area contributed by atoms with Gasteiger partial charge in [-0.1, -0.05) is 33.1 Å². The molecule has 234 valence electrons. The first-order valence-corrected chi connectivity index (χ1v) is 17.1. The predicted octanol–water partition coefficient (Wildman–Crippen LogP) is 7.20. The Bertz CT molecular complexity index is 1490. The number of anilines is 1. The van der Waals surface area contributed by atoms with Gasteiger partial charge in [-0.2, -0.15) is 0 Å². The summed E-state index contributed by atoms with van der Waals surface area (Å²) in [6, 6.07) is 3.90. The summed E-state index contributed by atoms with van der Waals surface area (Å²) in [6.07, 6.45) is 18.5. The lowest BCUT2D eigenvalue weighted by Crippen LogP contribution is -2.53. The van der Waals surface area contributed by atoms with Gasteiger partial charge >= 0.3 is 11.9 Å². The highest BCUT2D eigenvalue weighted by molar-refractivity contribution is 6.00. The van der Waals surface area contributed by atoms with Gasteiger partial charge in [0.2, 0.25) is 0 Å². The molecule has 1 spiro atoms. The minimum Gasteiger partial charge on any atom is -0.427 e. The Kier molecular flexibility index (Phi) is 7.59. The molecule has 3 fully saturated rings. The summed E-state index contributed by atoms with van der Waals surface area (Å²) < 4.78 is 12.5. The molecule has 7 nitrogen and oxygen atoms in total. The second kappa shape index (κ2) is 11.3. The van der Waals surface area contributed by atoms with E-state index in [1.165, 1.54) is 12.8 Å². The van der Waals surface area contributed by atoms with Gasteiger partial charge < -0.3 is 20.3 Å². The fourth-order valence-corrected chi connectivity index (χ4v) is 10.1. The highest BCUT2D eigenvalue weighted by Crippen LogP contribution is 2.72. The van der Waals surface area contributed by atoms with Gasteiger partial charge in [0.05, 0.1) is 11.0 Å². The monoisotopic (exact) mass is 598 g/mol. The van der Waals surface area contributed by atoms with Crippen LogP contribution in [0.15, 0.2) is 64.3 Å². The van der Waals surface area contributed by atoms with Crippen molar-refractivity contribution in [3.8, 4) is 0 Å². The summed E-state index contributed by atoms with van der Waals surface area (Å²) in [5.74, 6) is 1.59. The average molecular weight is 599 g/mol. The third-order valence-electron chi connectivity index (χ3n) is 12.0. The Morgan fingerprint density at radius 1 is 1.14 bits per heavy atom. The van der Waals surface area contributed by atoms with E-state index in [9.17, 15) is 14.7 Å². The molecular weight excluding hydrogens is 552 g/mol. The number of nitrogens with two attached hydrogens (primary N) is 1. The predicted molar refractivity (Wildman–Crippen MR) is 168 cm³/mol. The van der Waals surface area contributed by atoms with E-state index >= 15 is 0 Å². The average Bonchev–Trinajstić information content (AvgIpc) is 3.71. The molecule has 2 saturated carbocycles.